The molecule has 1 N–H and O–H groups in total. The number of anilines is 1. The highest BCUT2D eigenvalue weighted by Gasteiger charge is 2.24. The number of fused-ring (bicyclic) bond motifs is 1. The van der Waals surface area contributed by atoms with E-state index in [1.807, 2.05) is 36.4 Å². The first-order chi connectivity index (χ1) is 10.1. The molecule has 1 heterocycles. The summed E-state index contributed by atoms with van der Waals surface area (Å²) in [7, 11) is 0. The molecule has 106 valence electrons. The maximum atomic E-state index is 12.5. The predicted octanol–water partition coefficient (Wildman–Crippen LogP) is 2.52. The Kier molecular flexibility index (Phi) is 3.44. The number of hydrogen-bond acceptors (Lipinski definition) is 2. The molecular formula is C17H15NO3. The van der Waals surface area contributed by atoms with E-state index in [0.717, 1.165) is 28.8 Å². The standard InChI is InChI=1S/C17H15NO3/c19-16(20)11-12-5-7-14(8-6-12)18-10-9-13-3-1-2-4-15(13)17(18)21/h1-8H,9-11H2,(H,19,20). The Morgan fingerprint density at radius 3 is 2.52 bits per heavy atom. The van der Waals surface area contributed by atoms with Gasteiger partial charge in [-0.2, -0.15) is 0 Å². The van der Waals surface area contributed by atoms with E-state index in [4.69, 9.17) is 5.11 Å². The molecule has 0 spiro atoms. The van der Waals surface area contributed by atoms with Crippen LogP contribution in [0.5, 0.6) is 0 Å². The van der Waals surface area contributed by atoms with Crippen LogP contribution in [0.3, 0.4) is 0 Å². The number of carboxylic acids is 1. The molecule has 0 bridgehead atoms. The molecule has 2 aromatic rings. The normalized spacial score (nSPS) is 13.9. The third-order valence-electron chi connectivity index (χ3n) is 3.70. The lowest BCUT2D eigenvalue weighted by Gasteiger charge is -2.28. The third-order valence-corrected chi connectivity index (χ3v) is 3.70. The summed E-state index contributed by atoms with van der Waals surface area (Å²) in [5, 5.41) is 8.77. The molecule has 0 unspecified atom stereocenters. The van der Waals surface area contributed by atoms with Gasteiger partial charge in [0, 0.05) is 17.8 Å². The minimum Gasteiger partial charge on any atom is -0.481 e. The monoisotopic (exact) mass is 281 g/mol. The Hall–Kier alpha value is -2.62. The van der Waals surface area contributed by atoms with Crippen LogP contribution in [0.15, 0.2) is 48.5 Å². The van der Waals surface area contributed by atoms with Crippen LogP contribution >= 0.6 is 0 Å². The Morgan fingerprint density at radius 1 is 1.10 bits per heavy atom. The number of benzene rings is 2. The van der Waals surface area contributed by atoms with Crippen LogP contribution in [0.4, 0.5) is 5.69 Å². The van der Waals surface area contributed by atoms with Crippen LogP contribution in [0, 0.1) is 0 Å². The van der Waals surface area contributed by atoms with Gasteiger partial charge in [0.2, 0.25) is 0 Å². The third kappa shape index (κ3) is 2.65. The Bertz CT molecular complexity index is 691. The Labute approximate surface area is 122 Å². The quantitative estimate of drug-likeness (QED) is 0.940. The number of hydrogen-bond donors (Lipinski definition) is 1. The molecule has 21 heavy (non-hydrogen) atoms. The molecule has 3 rings (SSSR count). The summed E-state index contributed by atoms with van der Waals surface area (Å²) in [5.74, 6) is -0.853. The highest BCUT2D eigenvalue weighted by atomic mass is 16.4. The fraction of sp³-hybridized carbons (Fsp3) is 0.176. The highest BCUT2D eigenvalue weighted by Crippen LogP contribution is 2.24. The Morgan fingerprint density at radius 2 is 1.81 bits per heavy atom. The van der Waals surface area contributed by atoms with E-state index in [-0.39, 0.29) is 12.3 Å². The molecule has 1 aliphatic rings. The number of rotatable bonds is 3. The lowest BCUT2D eigenvalue weighted by Crippen LogP contribution is -2.37. The molecule has 1 aliphatic heterocycles. The van der Waals surface area contributed by atoms with Gasteiger partial charge in [-0.05, 0) is 35.7 Å². The van der Waals surface area contributed by atoms with Crippen molar-refractivity contribution in [1.29, 1.82) is 0 Å². The molecule has 0 saturated heterocycles. The van der Waals surface area contributed by atoms with Crippen LogP contribution in [0.2, 0.25) is 0 Å². The van der Waals surface area contributed by atoms with Gasteiger partial charge in [0.05, 0.1) is 6.42 Å². The van der Waals surface area contributed by atoms with Gasteiger partial charge in [0.15, 0.2) is 0 Å². The number of nitrogens with zero attached hydrogens (tertiary/aromatic N) is 1. The largest absolute Gasteiger partial charge is 0.481 e. The van der Waals surface area contributed by atoms with Gasteiger partial charge < -0.3 is 10.0 Å². The van der Waals surface area contributed by atoms with Gasteiger partial charge in [-0.3, -0.25) is 9.59 Å². The molecule has 0 radical (unpaired) electrons. The fourth-order valence-corrected chi connectivity index (χ4v) is 2.64. The van der Waals surface area contributed by atoms with Gasteiger partial charge >= 0.3 is 5.97 Å². The molecule has 2 aromatic carbocycles. The van der Waals surface area contributed by atoms with Gasteiger partial charge in [-0.1, -0.05) is 30.3 Å². The lowest BCUT2D eigenvalue weighted by atomic mass is 9.98. The van der Waals surface area contributed by atoms with E-state index < -0.39 is 5.97 Å². The van der Waals surface area contributed by atoms with Crippen molar-refractivity contribution < 1.29 is 14.7 Å². The smallest absolute Gasteiger partial charge is 0.307 e. The van der Waals surface area contributed by atoms with Gasteiger partial charge in [-0.15, -0.1) is 0 Å². The first-order valence-electron chi connectivity index (χ1n) is 6.85. The Balaban J connectivity index is 1.85. The maximum absolute atomic E-state index is 12.5. The van der Waals surface area contributed by atoms with Gasteiger partial charge in [0.25, 0.3) is 5.91 Å². The van der Waals surface area contributed by atoms with E-state index in [1.165, 1.54) is 0 Å². The molecule has 0 fully saturated rings. The molecular weight excluding hydrogens is 266 g/mol. The predicted molar refractivity (Wildman–Crippen MR) is 79.6 cm³/mol. The first kappa shape index (κ1) is 13.4. The number of amides is 1. The summed E-state index contributed by atoms with van der Waals surface area (Å²) in [6.07, 6.45) is 0.829. The van der Waals surface area contributed by atoms with Crippen molar-refractivity contribution in [2.75, 3.05) is 11.4 Å². The second-order valence-corrected chi connectivity index (χ2v) is 5.10. The number of aliphatic carboxylic acids is 1. The SMILES string of the molecule is O=C(O)Cc1ccc(N2CCc3ccccc3C2=O)cc1. The second kappa shape index (κ2) is 5.40. The van der Waals surface area contributed by atoms with E-state index in [0.29, 0.717) is 6.54 Å². The molecule has 1 amide bonds. The summed E-state index contributed by atoms with van der Waals surface area (Å²) in [4.78, 5) is 24.9. The first-order valence-corrected chi connectivity index (χ1v) is 6.85. The van der Waals surface area contributed by atoms with Crippen LogP contribution in [-0.4, -0.2) is 23.5 Å². The van der Waals surface area contributed by atoms with Crippen LogP contribution < -0.4 is 4.90 Å². The van der Waals surface area contributed by atoms with E-state index in [9.17, 15) is 9.59 Å². The van der Waals surface area contributed by atoms with Crippen molar-refractivity contribution in [3.63, 3.8) is 0 Å². The summed E-state index contributed by atoms with van der Waals surface area (Å²) < 4.78 is 0. The van der Waals surface area contributed by atoms with E-state index in [1.54, 1.807) is 17.0 Å². The summed E-state index contributed by atoms with van der Waals surface area (Å²) >= 11 is 0. The van der Waals surface area contributed by atoms with E-state index >= 15 is 0 Å². The average Bonchev–Trinajstić information content (AvgIpc) is 2.48. The molecule has 0 saturated carbocycles. The number of carbonyl (C=O) groups excluding carboxylic acids is 1. The molecule has 0 aliphatic carbocycles. The van der Waals surface area contributed by atoms with Crippen molar-refractivity contribution in [3.05, 3.63) is 65.2 Å². The number of carbonyl (C=O) groups is 2. The zero-order chi connectivity index (χ0) is 14.8. The number of carboxylic acid groups (broad SMARTS) is 1. The second-order valence-electron chi connectivity index (χ2n) is 5.10. The van der Waals surface area contributed by atoms with Crippen LogP contribution in [0.1, 0.15) is 21.5 Å². The molecule has 4 heteroatoms. The van der Waals surface area contributed by atoms with Crippen molar-refractivity contribution in [3.8, 4) is 0 Å². The van der Waals surface area contributed by atoms with E-state index in [2.05, 4.69) is 0 Å². The van der Waals surface area contributed by atoms with Crippen molar-refractivity contribution in [2.45, 2.75) is 12.8 Å². The molecule has 0 aromatic heterocycles. The van der Waals surface area contributed by atoms with Crippen molar-refractivity contribution in [2.24, 2.45) is 0 Å². The summed E-state index contributed by atoms with van der Waals surface area (Å²) in [6, 6.07) is 14.8. The highest BCUT2D eigenvalue weighted by molar-refractivity contribution is 6.08. The van der Waals surface area contributed by atoms with Gasteiger partial charge in [-0.25, -0.2) is 0 Å². The molecule has 0 atom stereocenters. The minimum absolute atomic E-state index is 0.00262. The zero-order valence-corrected chi connectivity index (χ0v) is 11.5. The van der Waals surface area contributed by atoms with Gasteiger partial charge in [0.1, 0.15) is 0 Å². The average molecular weight is 281 g/mol. The van der Waals surface area contributed by atoms with Crippen LogP contribution in [0.25, 0.3) is 0 Å². The minimum atomic E-state index is -0.856. The lowest BCUT2D eigenvalue weighted by molar-refractivity contribution is -0.136. The summed E-state index contributed by atoms with van der Waals surface area (Å²) in [5.41, 5.74) is 3.37. The van der Waals surface area contributed by atoms with Crippen LogP contribution in [-0.2, 0) is 17.6 Å². The van der Waals surface area contributed by atoms with Crippen molar-refractivity contribution in [1.82, 2.24) is 0 Å². The summed E-state index contributed by atoms with van der Waals surface area (Å²) in [6.45, 7) is 0.647. The molecule has 4 nitrogen and oxygen atoms in total. The topological polar surface area (TPSA) is 57.6 Å². The van der Waals surface area contributed by atoms with Crippen molar-refractivity contribution >= 4 is 17.6 Å². The maximum Gasteiger partial charge on any atom is 0.307 e. The zero-order valence-electron chi connectivity index (χ0n) is 11.5. The fourth-order valence-electron chi connectivity index (χ4n) is 2.64.